The lowest BCUT2D eigenvalue weighted by Crippen LogP contribution is -2.30. The molecule has 1 N–H and O–H groups in total. The molecule has 8 nitrogen and oxygen atoms in total. The lowest BCUT2D eigenvalue weighted by molar-refractivity contribution is -0.384. The van der Waals surface area contributed by atoms with Crippen LogP contribution in [-0.4, -0.2) is 36.5 Å². The third kappa shape index (κ3) is 4.50. The van der Waals surface area contributed by atoms with Gasteiger partial charge in [0, 0.05) is 30.4 Å². The van der Waals surface area contributed by atoms with Gasteiger partial charge in [-0.15, -0.1) is 0 Å². The predicted octanol–water partition coefficient (Wildman–Crippen LogP) is 3.57. The number of sulfonamides is 1. The average Bonchev–Trinajstić information content (AvgIpc) is 2.62. The summed E-state index contributed by atoms with van der Waals surface area (Å²) in [6, 6.07) is 10.3. The van der Waals surface area contributed by atoms with Crippen LogP contribution in [0.25, 0.3) is 0 Å². The minimum absolute atomic E-state index is 0.131. The van der Waals surface area contributed by atoms with Crippen LogP contribution >= 0.6 is 0 Å². The Morgan fingerprint density at radius 2 is 1.81 bits per heavy atom. The van der Waals surface area contributed by atoms with Crippen molar-refractivity contribution in [3.63, 3.8) is 0 Å². The van der Waals surface area contributed by atoms with E-state index in [0.717, 1.165) is 6.07 Å². The smallest absolute Gasteiger partial charge is 0.294 e. The van der Waals surface area contributed by atoms with E-state index in [4.69, 9.17) is 0 Å². The first kappa shape index (κ1) is 20.5. The van der Waals surface area contributed by atoms with Crippen LogP contribution in [0.4, 0.5) is 17.1 Å². The first-order chi connectivity index (χ1) is 12.7. The van der Waals surface area contributed by atoms with E-state index in [9.17, 15) is 23.3 Å². The highest BCUT2D eigenvalue weighted by atomic mass is 32.2. The Balaban J connectivity index is 2.46. The number of anilines is 2. The van der Waals surface area contributed by atoms with E-state index in [1.165, 1.54) is 23.4 Å². The molecule has 0 saturated carbocycles. The Labute approximate surface area is 158 Å². The Hall–Kier alpha value is -2.78. The number of Topliss-reactive ketones (excluding diaryl/α,β-unsaturated/α-hetero) is 1. The van der Waals surface area contributed by atoms with Crippen molar-refractivity contribution in [1.29, 1.82) is 0 Å². The second-order valence-electron chi connectivity index (χ2n) is 5.79. The summed E-state index contributed by atoms with van der Waals surface area (Å²) in [5.41, 5.74) is 0.726. The van der Waals surface area contributed by atoms with Crippen molar-refractivity contribution in [3.05, 3.63) is 58.1 Å². The summed E-state index contributed by atoms with van der Waals surface area (Å²) in [7, 11) is -3.81. The fourth-order valence-corrected chi connectivity index (χ4v) is 4.09. The third-order valence-corrected chi connectivity index (χ3v) is 6.10. The van der Waals surface area contributed by atoms with Crippen LogP contribution in [-0.2, 0) is 10.0 Å². The van der Waals surface area contributed by atoms with Gasteiger partial charge in [-0.05, 0) is 31.2 Å². The van der Waals surface area contributed by atoms with Crippen molar-refractivity contribution in [2.75, 3.05) is 18.4 Å². The molecule has 0 radical (unpaired) electrons. The molecule has 0 unspecified atom stereocenters. The number of nitro groups is 1. The van der Waals surface area contributed by atoms with Crippen molar-refractivity contribution in [3.8, 4) is 0 Å². The molecule has 0 aliphatic carbocycles. The number of carbonyl (C=O) groups excluding carboxylic acids is 1. The molecular weight excluding hydrogens is 370 g/mol. The molecule has 0 heterocycles. The number of rotatable bonds is 8. The largest absolute Gasteiger partial charge is 0.350 e. The quantitative estimate of drug-likeness (QED) is 0.418. The lowest BCUT2D eigenvalue weighted by atomic mass is 10.1. The van der Waals surface area contributed by atoms with Crippen LogP contribution in [0.15, 0.2) is 47.4 Å². The van der Waals surface area contributed by atoms with Crippen LogP contribution in [0.1, 0.15) is 31.1 Å². The number of benzene rings is 2. The molecule has 0 saturated heterocycles. The van der Waals surface area contributed by atoms with Crippen molar-refractivity contribution in [2.45, 2.75) is 25.7 Å². The maximum absolute atomic E-state index is 12.6. The summed E-state index contributed by atoms with van der Waals surface area (Å²) in [5, 5.41) is 14.4. The molecule has 0 atom stereocenters. The van der Waals surface area contributed by atoms with E-state index in [1.807, 2.05) is 0 Å². The number of nitrogens with one attached hydrogen (secondary N) is 1. The van der Waals surface area contributed by atoms with Crippen LogP contribution in [0.3, 0.4) is 0 Å². The third-order valence-electron chi connectivity index (χ3n) is 4.06. The second kappa shape index (κ2) is 8.28. The number of ketones is 1. The van der Waals surface area contributed by atoms with Crippen molar-refractivity contribution >= 4 is 32.9 Å². The van der Waals surface area contributed by atoms with Crippen molar-refractivity contribution in [1.82, 2.24) is 4.31 Å². The summed E-state index contributed by atoms with van der Waals surface area (Å²) in [6.45, 7) is 5.37. The van der Waals surface area contributed by atoms with Gasteiger partial charge in [-0.3, -0.25) is 14.9 Å². The summed E-state index contributed by atoms with van der Waals surface area (Å²) in [4.78, 5) is 22.2. The number of hydrogen-bond donors (Lipinski definition) is 1. The van der Waals surface area contributed by atoms with Crippen molar-refractivity contribution < 1.29 is 18.1 Å². The minimum atomic E-state index is -3.81. The van der Waals surface area contributed by atoms with Crippen LogP contribution in [0, 0.1) is 10.1 Å². The van der Waals surface area contributed by atoms with Crippen LogP contribution in [0.2, 0.25) is 0 Å². The van der Waals surface area contributed by atoms with Gasteiger partial charge in [0.1, 0.15) is 5.69 Å². The van der Waals surface area contributed by atoms with Gasteiger partial charge in [0.15, 0.2) is 5.78 Å². The van der Waals surface area contributed by atoms with E-state index in [0.29, 0.717) is 11.3 Å². The maximum Gasteiger partial charge on any atom is 0.294 e. The predicted molar refractivity (Wildman–Crippen MR) is 103 cm³/mol. The molecule has 0 bridgehead atoms. The Kier molecular flexibility index (Phi) is 6.29. The maximum atomic E-state index is 12.6. The van der Waals surface area contributed by atoms with Gasteiger partial charge < -0.3 is 5.32 Å². The Morgan fingerprint density at radius 3 is 2.37 bits per heavy atom. The molecule has 0 spiro atoms. The molecule has 0 fully saturated rings. The average molecular weight is 391 g/mol. The van der Waals surface area contributed by atoms with Crippen LogP contribution < -0.4 is 5.32 Å². The first-order valence-electron chi connectivity index (χ1n) is 8.37. The highest BCUT2D eigenvalue weighted by Gasteiger charge is 2.25. The highest BCUT2D eigenvalue weighted by Crippen LogP contribution is 2.31. The molecule has 2 aromatic carbocycles. The molecule has 0 aliphatic heterocycles. The van der Waals surface area contributed by atoms with Crippen LogP contribution in [0.5, 0.6) is 0 Å². The molecule has 9 heteroatoms. The minimum Gasteiger partial charge on any atom is -0.350 e. The molecule has 0 amide bonds. The first-order valence-corrected chi connectivity index (χ1v) is 9.81. The monoisotopic (exact) mass is 391 g/mol. The van der Waals surface area contributed by atoms with Gasteiger partial charge in [0.2, 0.25) is 10.0 Å². The molecule has 2 aromatic rings. The topological polar surface area (TPSA) is 110 Å². The van der Waals surface area contributed by atoms with Gasteiger partial charge >= 0.3 is 0 Å². The summed E-state index contributed by atoms with van der Waals surface area (Å²) in [5.74, 6) is -0.131. The molecule has 2 rings (SSSR count). The molecular formula is C18H21N3O5S. The normalized spacial score (nSPS) is 11.4. The zero-order valence-electron chi connectivity index (χ0n) is 15.3. The SMILES string of the molecule is CCN(CC)S(=O)(=O)c1ccc(Nc2cccc(C(C)=O)c2)c([N+](=O)[O-])c1. The summed E-state index contributed by atoms with van der Waals surface area (Å²) >= 11 is 0. The zero-order valence-corrected chi connectivity index (χ0v) is 16.1. The number of hydrogen-bond acceptors (Lipinski definition) is 6. The molecule has 0 aromatic heterocycles. The van der Waals surface area contributed by atoms with Crippen molar-refractivity contribution in [2.24, 2.45) is 0 Å². The fourth-order valence-electron chi connectivity index (χ4n) is 2.61. The van der Waals surface area contributed by atoms with E-state index >= 15 is 0 Å². The Bertz CT molecular complexity index is 969. The number of nitro benzene ring substituents is 1. The zero-order chi connectivity index (χ0) is 20.2. The van der Waals surface area contributed by atoms with Gasteiger partial charge in [-0.1, -0.05) is 26.0 Å². The molecule has 27 heavy (non-hydrogen) atoms. The highest BCUT2D eigenvalue weighted by molar-refractivity contribution is 7.89. The van der Waals surface area contributed by atoms with E-state index in [2.05, 4.69) is 5.32 Å². The fraction of sp³-hybridized carbons (Fsp3) is 0.278. The van der Waals surface area contributed by atoms with Gasteiger partial charge in [0.25, 0.3) is 5.69 Å². The number of nitrogens with zero attached hydrogens (tertiary/aromatic N) is 2. The number of carbonyl (C=O) groups is 1. The van der Waals surface area contributed by atoms with Gasteiger partial charge in [-0.2, -0.15) is 4.31 Å². The molecule has 0 aliphatic rings. The van der Waals surface area contributed by atoms with Gasteiger partial charge in [-0.25, -0.2) is 8.42 Å². The summed E-state index contributed by atoms with van der Waals surface area (Å²) < 4.78 is 26.4. The summed E-state index contributed by atoms with van der Waals surface area (Å²) in [6.07, 6.45) is 0. The second-order valence-corrected chi connectivity index (χ2v) is 7.73. The Morgan fingerprint density at radius 1 is 1.15 bits per heavy atom. The standard InChI is InChI=1S/C18H21N3O5S/c1-4-20(5-2)27(25,26)16-9-10-17(18(12-16)21(23)24)19-15-8-6-7-14(11-15)13(3)22/h6-12,19H,4-5H2,1-3H3. The van der Waals surface area contributed by atoms with E-state index in [1.54, 1.807) is 38.1 Å². The van der Waals surface area contributed by atoms with E-state index < -0.39 is 14.9 Å². The van der Waals surface area contributed by atoms with E-state index in [-0.39, 0.29) is 35.1 Å². The lowest BCUT2D eigenvalue weighted by Gasteiger charge is -2.18. The molecule has 144 valence electrons. The van der Waals surface area contributed by atoms with Gasteiger partial charge in [0.05, 0.1) is 9.82 Å².